The summed E-state index contributed by atoms with van der Waals surface area (Å²) < 4.78 is 13.3. The molecule has 0 nitrogen and oxygen atoms in total. The van der Waals surface area contributed by atoms with E-state index in [1.807, 2.05) is 13.0 Å². The molecule has 2 rings (SSSR count). The first-order chi connectivity index (χ1) is 8.08. The van der Waals surface area contributed by atoms with Crippen molar-refractivity contribution < 1.29 is 4.39 Å². The van der Waals surface area contributed by atoms with Gasteiger partial charge in [-0.3, -0.25) is 0 Å². The molecule has 0 bridgehead atoms. The fraction of sp³-hybridized carbons (Fsp3) is 0.200. The van der Waals surface area contributed by atoms with Gasteiger partial charge in [-0.05, 0) is 42.7 Å². The molecule has 0 saturated heterocycles. The molecule has 0 amide bonds. The van der Waals surface area contributed by atoms with E-state index < -0.39 is 0 Å². The molecule has 0 aliphatic heterocycles. The van der Waals surface area contributed by atoms with Gasteiger partial charge in [-0.25, -0.2) is 4.39 Å². The predicted octanol–water partition coefficient (Wildman–Crippen LogP) is 4.93. The van der Waals surface area contributed by atoms with Crippen molar-refractivity contribution in [2.75, 3.05) is 0 Å². The molecule has 2 aromatic carbocycles. The van der Waals surface area contributed by atoms with Gasteiger partial charge in [0.1, 0.15) is 5.82 Å². The van der Waals surface area contributed by atoms with Crippen LogP contribution in [0.1, 0.15) is 27.1 Å². The predicted molar refractivity (Wildman–Crippen MR) is 73.1 cm³/mol. The van der Waals surface area contributed by atoms with Crippen LogP contribution in [0, 0.1) is 19.7 Å². The van der Waals surface area contributed by atoms with Gasteiger partial charge in [-0.1, -0.05) is 51.8 Å². The van der Waals surface area contributed by atoms with Crippen LogP contribution in [0.15, 0.2) is 42.5 Å². The quantitative estimate of drug-likeness (QED) is 0.689. The van der Waals surface area contributed by atoms with Crippen molar-refractivity contribution in [3.05, 3.63) is 70.5 Å². The van der Waals surface area contributed by atoms with Gasteiger partial charge in [0.2, 0.25) is 0 Å². The minimum absolute atomic E-state index is 0.0406. The molecule has 0 aliphatic carbocycles. The first kappa shape index (κ1) is 12.3. The maximum absolute atomic E-state index is 13.3. The minimum Gasteiger partial charge on any atom is -0.207 e. The van der Waals surface area contributed by atoms with Crippen LogP contribution in [-0.4, -0.2) is 0 Å². The molecule has 0 N–H and O–H groups in total. The highest BCUT2D eigenvalue weighted by Crippen LogP contribution is 2.33. The topological polar surface area (TPSA) is 0 Å². The van der Waals surface area contributed by atoms with Gasteiger partial charge in [-0.15, -0.1) is 0 Å². The zero-order valence-electron chi connectivity index (χ0n) is 9.87. The van der Waals surface area contributed by atoms with E-state index in [1.165, 1.54) is 11.6 Å². The normalized spacial score (nSPS) is 12.5. The van der Waals surface area contributed by atoms with E-state index in [1.54, 1.807) is 6.07 Å². The molecule has 0 heterocycles. The van der Waals surface area contributed by atoms with Crippen molar-refractivity contribution in [2.45, 2.75) is 18.7 Å². The largest absolute Gasteiger partial charge is 0.207 e. The molecule has 88 valence electrons. The van der Waals surface area contributed by atoms with Crippen molar-refractivity contribution >= 4 is 15.9 Å². The Kier molecular flexibility index (Phi) is 3.63. The van der Waals surface area contributed by atoms with Gasteiger partial charge in [0, 0.05) is 0 Å². The van der Waals surface area contributed by atoms with E-state index in [0.29, 0.717) is 0 Å². The molecule has 2 heteroatoms. The van der Waals surface area contributed by atoms with Gasteiger partial charge in [0.25, 0.3) is 0 Å². The molecule has 1 unspecified atom stereocenters. The van der Waals surface area contributed by atoms with Crippen molar-refractivity contribution in [3.8, 4) is 0 Å². The highest BCUT2D eigenvalue weighted by molar-refractivity contribution is 9.09. The molecular formula is C15H14BrF. The fourth-order valence-corrected chi connectivity index (χ4v) is 2.60. The first-order valence-corrected chi connectivity index (χ1v) is 6.46. The molecule has 0 fully saturated rings. The third-order valence-corrected chi connectivity index (χ3v) is 3.91. The lowest BCUT2D eigenvalue weighted by Gasteiger charge is -2.14. The summed E-state index contributed by atoms with van der Waals surface area (Å²) in [5.41, 5.74) is 4.44. The summed E-state index contributed by atoms with van der Waals surface area (Å²) in [5.74, 6) is -0.192. The number of hydrogen-bond acceptors (Lipinski definition) is 0. The van der Waals surface area contributed by atoms with Crippen molar-refractivity contribution in [3.63, 3.8) is 0 Å². The molecule has 1 atom stereocenters. The Morgan fingerprint density at radius 2 is 1.65 bits per heavy atom. The standard InChI is InChI=1S/C15H14BrF/c1-10-3-6-12(7-4-10)15(16)14-9-13(17)8-5-11(14)2/h3-9,15H,1-2H3. The van der Waals surface area contributed by atoms with Crippen LogP contribution in [0.3, 0.4) is 0 Å². The second-order valence-electron chi connectivity index (χ2n) is 4.27. The van der Waals surface area contributed by atoms with Crippen LogP contribution < -0.4 is 0 Å². The van der Waals surface area contributed by atoms with Crippen LogP contribution in [0.5, 0.6) is 0 Å². The Labute approximate surface area is 110 Å². The number of rotatable bonds is 2. The van der Waals surface area contributed by atoms with Crippen molar-refractivity contribution in [2.24, 2.45) is 0 Å². The molecule has 0 aliphatic rings. The minimum atomic E-state index is -0.192. The highest BCUT2D eigenvalue weighted by Gasteiger charge is 2.13. The number of aryl methyl sites for hydroxylation is 2. The molecule has 0 radical (unpaired) electrons. The summed E-state index contributed by atoms with van der Waals surface area (Å²) in [6.45, 7) is 4.05. The summed E-state index contributed by atoms with van der Waals surface area (Å²) in [5, 5.41) is 0. The Balaban J connectivity index is 2.39. The van der Waals surface area contributed by atoms with E-state index in [9.17, 15) is 4.39 Å². The van der Waals surface area contributed by atoms with E-state index in [2.05, 4.69) is 47.1 Å². The van der Waals surface area contributed by atoms with Crippen LogP contribution in [0.25, 0.3) is 0 Å². The molecule has 0 spiro atoms. The van der Waals surface area contributed by atoms with E-state index in [-0.39, 0.29) is 10.6 Å². The number of alkyl halides is 1. The molecular weight excluding hydrogens is 279 g/mol. The zero-order chi connectivity index (χ0) is 12.4. The third kappa shape index (κ3) is 2.75. The lowest BCUT2D eigenvalue weighted by atomic mass is 9.99. The average Bonchev–Trinajstić information content (AvgIpc) is 2.32. The Morgan fingerprint density at radius 3 is 2.29 bits per heavy atom. The lowest BCUT2D eigenvalue weighted by molar-refractivity contribution is 0.625. The van der Waals surface area contributed by atoms with E-state index in [4.69, 9.17) is 0 Å². The van der Waals surface area contributed by atoms with E-state index in [0.717, 1.165) is 16.7 Å². The maximum atomic E-state index is 13.3. The Bertz CT molecular complexity index is 517. The molecule has 17 heavy (non-hydrogen) atoms. The maximum Gasteiger partial charge on any atom is 0.123 e. The molecule has 0 aromatic heterocycles. The van der Waals surface area contributed by atoms with E-state index >= 15 is 0 Å². The van der Waals surface area contributed by atoms with Crippen LogP contribution in [0.2, 0.25) is 0 Å². The lowest BCUT2D eigenvalue weighted by Crippen LogP contribution is -1.96. The molecule has 2 aromatic rings. The Hall–Kier alpha value is -1.15. The summed E-state index contributed by atoms with van der Waals surface area (Å²) in [6.07, 6.45) is 0. The van der Waals surface area contributed by atoms with Crippen LogP contribution >= 0.6 is 15.9 Å². The monoisotopic (exact) mass is 292 g/mol. The summed E-state index contributed by atoms with van der Waals surface area (Å²) in [6, 6.07) is 13.2. The average molecular weight is 293 g/mol. The number of benzene rings is 2. The smallest absolute Gasteiger partial charge is 0.123 e. The number of halogens is 2. The van der Waals surface area contributed by atoms with Gasteiger partial charge in [0.05, 0.1) is 4.83 Å². The summed E-state index contributed by atoms with van der Waals surface area (Å²) >= 11 is 3.64. The van der Waals surface area contributed by atoms with Crippen molar-refractivity contribution in [1.82, 2.24) is 0 Å². The van der Waals surface area contributed by atoms with Gasteiger partial charge in [-0.2, -0.15) is 0 Å². The SMILES string of the molecule is Cc1ccc(C(Br)c2cc(F)ccc2C)cc1. The first-order valence-electron chi connectivity index (χ1n) is 5.54. The second kappa shape index (κ2) is 5.01. The van der Waals surface area contributed by atoms with Crippen LogP contribution in [0.4, 0.5) is 4.39 Å². The van der Waals surface area contributed by atoms with Gasteiger partial charge >= 0.3 is 0 Å². The number of hydrogen-bond donors (Lipinski definition) is 0. The van der Waals surface area contributed by atoms with Gasteiger partial charge in [0.15, 0.2) is 0 Å². The van der Waals surface area contributed by atoms with Crippen LogP contribution in [-0.2, 0) is 0 Å². The summed E-state index contributed by atoms with van der Waals surface area (Å²) in [7, 11) is 0. The van der Waals surface area contributed by atoms with Crippen molar-refractivity contribution in [1.29, 1.82) is 0 Å². The highest BCUT2D eigenvalue weighted by atomic mass is 79.9. The third-order valence-electron chi connectivity index (χ3n) is 2.88. The zero-order valence-corrected chi connectivity index (χ0v) is 11.5. The second-order valence-corrected chi connectivity index (χ2v) is 5.19. The van der Waals surface area contributed by atoms with Gasteiger partial charge < -0.3 is 0 Å². The Morgan fingerprint density at radius 1 is 1.00 bits per heavy atom. The molecule has 0 saturated carbocycles. The summed E-state index contributed by atoms with van der Waals surface area (Å²) in [4.78, 5) is 0.0406. The fourth-order valence-electron chi connectivity index (χ4n) is 1.80.